The van der Waals surface area contributed by atoms with Crippen molar-refractivity contribution in [2.45, 2.75) is 195 Å². The zero-order valence-electron chi connectivity index (χ0n) is 36.4. The maximum absolute atomic E-state index is 3.03. The molecule has 4 aromatic carbocycles. The molecule has 0 radical (unpaired) electrons. The van der Waals surface area contributed by atoms with Gasteiger partial charge in [0.1, 0.15) is 0 Å². The van der Waals surface area contributed by atoms with Gasteiger partial charge in [-0.1, -0.05) is 0 Å². The first kappa shape index (κ1) is 33.7. The summed E-state index contributed by atoms with van der Waals surface area (Å²) in [4.78, 5) is 7.31. The number of hydrogen-bond donors (Lipinski definition) is 0. The van der Waals surface area contributed by atoms with Gasteiger partial charge < -0.3 is 0 Å². The highest BCUT2D eigenvalue weighted by molar-refractivity contribution is 8.34. The molecule has 0 saturated heterocycles. The van der Waals surface area contributed by atoms with Gasteiger partial charge in [0.25, 0.3) is 0 Å². The highest BCUT2D eigenvalue weighted by Gasteiger charge is 2.55. The third kappa shape index (κ3) is 4.14. The molecule has 0 aromatic heterocycles. The van der Waals surface area contributed by atoms with Crippen LogP contribution in [0.4, 0.5) is 0 Å². The minimum atomic E-state index is -1.67. The SMILES string of the molecule is c1c2c(cc3c1C1CC4CC(C1)CC3C4)S1(c3cc4c(cc3-2)C2CC3CC(C2)CC4C3)c2cc3c(cc2-c2cc4c(cc21)C1CC2CC(CC4C2)C1)C1CC2CC(C1)CC3C2. The lowest BCUT2D eigenvalue weighted by molar-refractivity contribution is 0.165. The molecule has 1 heteroatoms. The standard InChI is InChI=1S/C60H64S/c1-29-5-37-6-30(1)14-41(13-29)49-25-57-53(21-45(37)49)54-22-46-38-7-31-2-32(8-38)16-42(15-31)50(46)26-58(54)61(57)59-27-51-43-17-33-3-34(18-43)10-39(9-33)47(51)23-55(59)56-24-48-40-11-35-4-36(12-40)20-44(19-35)52(48)28-60(56)61/h21-44H,1-20H2. The van der Waals surface area contributed by atoms with E-state index in [1.807, 2.05) is 64.1 Å². The molecule has 310 valence electrons. The molecule has 8 atom stereocenters. The average molecular weight is 817 g/mol. The Balaban J connectivity index is 0.971. The van der Waals surface area contributed by atoms with Crippen LogP contribution in [0.2, 0.25) is 0 Å². The van der Waals surface area contributed by atoms with E-state index in [1.54, 1.807) is 22.3 Å². The molecular formula is C60H64S. The first-order valence-electron chi connectivity index (χ1n) is 26.6. The highest BCUT2D eigenvalue weighted by Crippen LogP contribution is 2.87. The van der Waals surface area contributed by atoms with Gasteiger partial charge in [-0.05, 0) is 338 Å². The van der Waals surface area contributed by atoms with Crippen molar-refractivity contribution in [1.82, 2.24) is 0 Å². The van der Waals surface area contributed by atoms with E-state index in [0.717, 1.165) is 94.7 Å². The highest BCUT2D eigenvalue weighted by atomic mass is 32.3. The van der Waals surface area contributed by atoms with Crippen LogP contribution in [0.3, 0.4) is 0 Å². The zero-order chi connectivity index (χ0) is 38.8. The summed E-state index contributed by atoms with van der Waals surface area (Å²) in [5.41, 5.74) is 21.6. The number of benzene rings is 4. The zero-order valence-corrected chi connectivity index (χ0v) is 37.2. The van der Waals surface area contributed by atoms with Crippen molar-refractivity contribution >= 4 is 10.0 Å². The van der Waals surface area contributed by atoms with Gasteiger partial charge in [0.05, 0.1) is 0 Å². The maximum atomic E-state index is 3.03. The smallest absolute Gasteiger partial charge is 0.0106 e. The van der Waals surface area contributed by atoms with Crippen molar-refractivity contribution in [2.75, 3.05) is 0 Å². The maximum Gasteiger partial charge on any atom is 0.0106 e. The van der Waals surface area contributed by atoms with Crippen LogP contribution in [0.1, 0.15) is 220 Å². The minimum Gasteiger partial charge on any atom is -0.130 e. The van der Waals surface area contributed by atoms with Crippen molar-refractivity contribution in [3.05, 3.63) is 93.0 Å². The van der Waals surface area contributed by atoms with E-state index in [9.17, 15) is 0 Å². The molecule has 2 heterocycles. The molecule has 18 aliphatic rings. The third-order valence-corrected chi connectivity index (χ3v) is 26.7. The van der Waals surface area contributed by atoms with Crippen molar-refractivity contribution in [1.29, 1.82) is 0 Å². The fraction of sp³-hybridized carbons (Fsp3) is 0.600. The Hall–Kier alpha value is -2.77. The van der Waals surface area contributed by atoms with Gasteiger partial charge in [-0.3, -0.25) is 0 Å². The van der Waals surface area contributed by atoms with Crippen LogP contribution in [0.5, 0.6) is 0 Å². The molecule has 16 bridgehead atoms. The molecule has 61 heavy (non-hydrogen) atoms. The Labute approximate surface area is 366 Å². The van der Waals surface area contributed by atoms with Crippen LogP contribution in [0, 0.1) is 47.3 Å². The molecule has 0 nitrogen and oxygen atoms in total. The number of fused-ring (bicyclic) bond motifs is 10. The Morgan fingerprint density at radius 3 is 0.557 bits per heavy atom. The molecule has 16 aliphatic carbocycles. The van der Waals surface area contributed by atoms with Crippen molar-refractivity contribution in [3.8, 4) is 22.3 Å². The van der Waals surface area contributed by atoms with E-state index >= 15 is 0 Å². The lowest BCUT2D eigenvalue weighted by atomic mass is 9.67. The molecule has 8 unspecified atom stereocenters. The molecule has 1 spiro atoms. The van der Waals surface area contributed by atoms with Gasteiger partial charge >= 0.3 is 0 Å². The first-order valence-corrected chi connectivity index (χ1v) is 28.2. The molecule has 8 fully saturated rings. The summed E-state index contributed by atoms with van der Waals surface area (Å²) < 4.78 is 0. The summed E-state index contributed by atoms with van der Waals surface area (Å²) >= 11 is 0. The van der Waals surface area contributed by atoms with Crippen molar-refractivity contribution < 1.29 is 0 Å². The Bertz CT molecular complexity index is 2290. The fourth-order valence-electron chi connectivity index (χ4n) is 21.3. The third-order valence-electron chi connectivity index (χ3n) is 22.7. The van der Waals surface area contributed by atoms with Crippen LogP contribution < -0.4 is 0 Å². The van der Waals surface area contributed by atoms with Crippen molar-refractivity contribution in [2.24, 2.45) is 47.3 Å². The molecule has 4 aromatic rings. The first-order chi connectivity index (χ1) is 30.0. The lowest BCUT2D eigenvalue weighted by Gasteiger charge is -2.40. The average Bonchev–Trinajstić information content (AvgIpc) is 3.30. The molecule has 2 aliphatic heterocycles. The monoisotopic (exact) mass is 816 g/mol. The van der Waals surface area contributed by atoms with E-state index in [4.69, 9.17) is 0 Å². The molecule has 22 rings (SSSR count). The quantitative estimate of drug-likeness (QED) is 0.143. The normalized spacial score (nSPS) is 46.2. The van der Waals surface area contributed by atoms with Crippen molar-refractivity contribution in [3.63, 3.8) is 0 Å². The Kier molecular flexibility index (Phi) is 6.18. The van der Waals surface area contributed by atoms with E-state index in [-0.39, 0.29) is 0 Å². The fourth-order valence-corrected chi connectivity index (χ4v) is 25.9. The summed E-state index contributed by atoms with van der Waals surface area (Å²) in [6, 6.07) is 24.0. The van der Waals surface area contributed by atoms with E-state index < -0.39 is 10.0 Å². The predicted molar refractivity (Wildman–Crippen MR) is 247 cm³/mol. The molecular weight excluding hydrogens is 753 g/mol. The van der Waals surface area contributed by atoms with Gasteiger partial charge in [0.2, 0.25) is 0 Å². The van der Waals surface area contributed by atoms with Gasteiger partial charge in [-0.25, -0.2) is 0 Å². The van der Waals surface area contributed by atoms with E-state index in [0.29, 0.717) is 0 Å². The predicted octanol–water partition coefficient (Wildman–Crippen LogP) is 16.6. The molecule has 0 amide bonds. The summed E-state index contributed by atoms with van der Waals surface area (Å²) in [6.45, 7) is 0. The second kappa shape index (κ2) is 11.2. The summed E-state index contributed by atoms with van der Waals surface area (Å²) in [5, 5.41) is 0. The molecule has 0 N–H and O–H groups in total. The second-order valence-corrected chi connectivity index (χ2v) is 28.7. The number of hydrogen-bond acceptors (Lipinski definition) is 0. The largest absolute Gasteiger partial charge is 0.130 e. The Morgan fingerprint density at radius 1 is 0.213 bits per heavy atom. The van der Waals surface area contributed by atoms with Crippen LogP contribution in [0.15, 0.2) is 68.1 Å². The Morgan fingerprint density at radius 2 is 0.377 bits per heavy atom. The van der Waals surface area contributed by atoms with Gasteiger partial charge in [0, 0.05) is 19.6 Å². The van der Waals surface area contributed by atoms with Crippen LogP contribution in [-0.4, -0.2) is 0 Å². The van der Waals surface area contributed by atoms with Gasteiger partial charge in [-0.15, -0.1) is 10.0 Å². The topological polar surface area (TPSA) is 0 Å². The lowest BCUT2D eigenvalue weighted by Crippen LogP contribution is -2.25. The van der Waals surface area contributed by atoms with E-state index in [1.165, 1.54) is 128 Å². The second-order valence-electron chi connectivity index (χ2n) is 25.7. The van der Waals surface area contributed by atoms with Crippen LogP contribution in [-0.2, 0) is 0 Å². The van der Waals surface area contributed by atoms with Crippen LogP contribution >= 0.6 is 10.0 Å². The number of rotatable bonds is 0. The summed E-state index contributed by atoms with van der Waals surface area (Å²) in [7, 11) is -1.67. The minimum absolute atomic E-state index is 0.788. The van der Waals surface area contributed by atoms with Gasteiger partial charge in [-0.2, -0.15) is 0 Å². The summed E-state index contributed by atoms with van der Waals surface area (Å²) in [6.07, 6.45) is 29.7. The van der Waals surface area contributed by atoms with Crippen LogP contribution in [0.25, 0.3) is 22.3 Å². The van der Waals surface area contributed by atoms with Gasteiger partial charge in [0.15, 0.2) is 0 Å². The molecule has 8 saturated carbocycles. The van der Waals surface area contributed by atoms with E-state index in [2.05, 4.69) is 48.5 Å². The summed E-state index contributed by atoms with van der Waals surface area (Å²) in [5.74, 6) is 14.1.